The number of nitrogens with zero attached hydrogens (tertiary/aromatic N) is 3. The molecule has 0 amide bonds. The van der Waals surface area contributed by atoms with Crippen molar-refractivity contribution in [1.29, 1.82) is 0 Å². The zero-order valence-electron chi connectivity index (χ0n) is 17.9. The summed E-state index contributed by atoms with van der Waals surface area (Å²) < 4.78 is 16.5. The lowest BCUT2D eigenvalue weighted by Gasteiger charge is -2.28. The number of aryl methyl sites for hydroxylation is 1. The van der Waals surface area contributed by atoms with E-state index in [1.165, 1.54) is 19.3 Å². The zero-order valence-corrected chi connectivity index (χ0v) is 17.9. The van der Waals surface area contributed by atoms with Crippen LogP contribution in [-0.4, -0.2) is 35.8 Å². The first-order valence-electron chi connectivity index (χ1n) is 10.5. The third-order valence-corrected chi connectivity index (χ3v) is 5.71. The highest BCUT2D eigenvalue weighted by Gasteiger charge is 2.26. The van der Waals surface area contributed by atoms with Gasteiger partial charge in [-0.2, -0.15) is 0 Å². The molecule has 1 saturated heterocycles. The van der Waals surface area contributed by atoms with Gasteiger partial charge in [0.05, 0.1) is 26.0 Å². The summed E-state index contributed by atoms with van der Waals surface area (Å²) >= 11 is 0. The average Bonchev–Trinajstić information content (AvgIpc) is 3.14. The molecule has 4 rings (SSSR count). The van der Waals surface area contributed by atoms with Gasteiger partial charge >= 0.3 is 0 Å². The monoisotopic (exact) mass is 407 g/mol. The predicted molar refractivity (Wildman–Crippen MR) is 116 cm³/mol. The van der Waals surface area contributed by atoms with Crippen molar-refractivity contribution in [3.63, 3.8) is 0 Å². The molecule has 158 valence electrons. The molecular formula is C24H29N3O3. The Morgan fingerprint density at radius 2 is 1.90 bits per heavy atom. The molecule has 1 atom stereocenters. The number of rotatable bonds is 6. The Morgan fingerprint density at radius 3 is 2.70 bits per heavy atom. The van der Waals surface area contributed by atoms with Crippen LogP contribution in [0.25, 0.3) is 11.3 Å². The molecule has 0 unspecified atom stereocenters. The van der Waals surface area contributed by atoms with Crippen molar-refractivity contribution in [2.75, 3.05) is 20.8 Å². The lowest BCUT2D eigenvalue weighted by Crippen LogP contribution is -2.28. The van der Waals surface area contributed by atoms with Crippen LogP contribution in [-0.2, 0) is 6.54 Å². The Kier molecular flexibility index (Phi) is 6.33. The summed E-state index contributed by atoms with van der Waals surface area (Å²) in [5.41, 5.74) is 4.06. The molecule has 1 aromatic carbocycles. The number of pyridine rings is 1. The average molecular weight is 408 g/mol. The van der Waals surface area contributed by atoms with Crippen LogP contribution in [0.3, 0.4) is 0 Å². The molecule has 3 heterocycles. The SMILES string of the molecule is COc1ccc(-c2cc([C@@H]3CCCCCN3Cc3cccc(C)n3)no2)cc1OC. The first-order chi connectivity index (χ1) is 14.7. The van der Waals surface area contributed by atoms with Gasteiger partial charge in [-0.05, 0) is 56.6 Å². The van der Waals surface area contributed by atoms with Gasteiger partial charge in [0.25, 0.3) is 0 Å². The molecule has 1 aliphatic rings. The van der Waals surface area contributed by atoms with E-state index in [2.05, 4.69) is 28.3 Å². The van der Waals surface area contributed by atoms with Crippen molar-refractivity contribution in [3.8, 4) is 22.8 Å². The number of benzene rings is 1. The molecule has 0 radical (unpaired) electrons. The van der Waals surface area contributed by atoms with Crippen molar-refractivity contribution in [2.24, 2.45) is 0 Å². The molecule has 0 saturated carbocycles. The lowest BCUT2D eigenvalue weighted by atomic mass is 10.0. The number of ether oxygens (including phenoxy) is 2. The van der Waals surface area contributed by atoms with Gasteiger partial charge in [0.15, 0.2) is 17.3 Å². The highest BCUT2D eigenvalue weighted by molar-refractivity contribution is 5.62. The molecule has 3 aromatic rings. The van der Waals surface area contributed by atoms with Crippen LogP contribution in [0.2, 0.25) is 0 Å². The molecular weight excluding hydrogens is 378 g/mol. The Morgan fingerprint density at radius 1 is 1.03 bits per heavy atom. The predicted octanol–water partition coefficient (Wildman–Crippen LogP) is 5.18. The van der Waals surface area contributed by atoms with Gasteiger partial charge in [-0.15, -0.1) is 0 Å². The first kappa shape index (κ1) is 20.4. The van der Waals surface area contributed by atoms with E-state index in [9.17, 15) is 0 Å². The fourth-order valence-electron chi connectivity index (χ4n) is 4.16. The van der Waals surface area contributed by atoms with Crippen molar-refractivity contribution >= 4 is 0 Å². The minimum absolute atomic E-state index is 0.229. The van der Waals surface area contributed by atoms with E-state index in [0.717, 1.165) is 47.9 Å². The zero-order chi connectivity index (χ0) is 20.9. The van der Waals surface area contributed by atoms with E-state index in [-0.39, 0.29) is 6.04 Å². The third-order valence-electron chi connectivity index (χ3n) is 5.71. The quantitative estimate of drug-likeness (QED) is 0.561. The number of hydrogen-bond donors (Lipinski definition) is 0. The molecule has 2 aromatic heterocycles. The van der Waals surface area contributed by atoms with Crippen molar-refractivity contribution in [3.05, 3.63) is 59.5 Å². The van der Waals surface area contributed by atoms with Crippen LogP contribution in [0.1, 0.15) is 48.8 Å². The molecule has 30 heavy (non-hydrogen) atoms. The van der Waals surface area contributed by atoms with Gasteiger partial charge in [-0.1, -0.05) is 24.1 Å². The van der Waals surface area contributed by atoms with Crippen molar-refractivity contribution in [2.45, 2.75) is 45.2 Å². The molecule has 1 aliphatic heterocycles. The highest BCUT2D eigenvalue weighted by atomic mass is 16.5. The Balaban J connectivity index is 1.59. The minimum atomic E-state index is 0.229. The highest BCUT2D eigenvalue weighted by Crippen LogP contribution is 2.36. The van der Waals surface area contributed by atoms with E-state index in [0.29, 0.717) is 11.5 Å². The van der Waals surface area contributed by atoms with Gasteiger partial charge in [-0.25, -0.2) is 0 Å². The van der Waals surface area contributed by atoms with Crippen molar-refractivity contribution in [1.82, 2.24) is 15.0 Å². The molecule has 0 spiro atoms. The topological polar surface area (TPSA) is 60.6 Å². The van der Waals surface area contributed by atoms with E-state index in [1.807, 2.05) is 31.2 Å². The largest absolute Gasteiger partial charge is 0.493 e. The molecule has 0 N–H and O–H groups in total. The van der Waals surface area contributed by atoms with Crippen LogP contribution in [0.4, 0.5) is 0 Å². The first-order valence-corrected chi connectivity index (χ1v) is 10.5. The summed E-state index contributed by atoms with van der Waals surface area (Å²) in [5, 5.41) is 4.46. The van der Waals surface area contributed by atoms with Gasteiger partial charge in [0.2, 0.25) is 0 Å². The lowest BCUT2D eigenvalue weighted by molar-refractivity contribution is 0.182. The smallest absolute Gasteiger partial charge is 0.167 e. The number of hydrogen-bond acceptors (Lipinski definition) is 6. The maximum atomic E-state index is 5.75. The fraction of sp³-hybridized carbons (Fsp3) is 0.417. The second-order valence-electron chi connectivity index (χ2n) is 7.79. The van der Waals surface area contributed by atoms with Crippen LogP contribution in [0.5, 0.6) is 11.5 Å². The van der Waals surface area contributed by atoms with Gasteiger partial charge in [0, 0.05) is 23.9 Å². The number of likely N-dealkylation sites (tertiary alicyclic amines) is 1. The maximum absolute atomic E-state index is 5.75. The summed E-state index contributed by atoms with van der Waals surface area (Å²) in [7, 11) is 3.27. The molecule has 6 nitrogen and oxygen atoms in total. The number of aromatic nitrogens is 2. The normalized spacial score (nSPS) is 17.5. The van der Waals surface area contributed by atoms with E-state index in [4.69, 9.17) is 19.0 Å². The Labute approximate surface area is 177 Å². The summed E-state index contributed by atoms with van der Waals surface area (Å²) in [4.78, 5) is 7.19. The molecule has 6 heteroatoms. The van der Waals surface area contributed by atoms with Crippen LogP contribution in [0.15, 0.2) is 47.0 Å². The Bertz CT molecular complexity index is 985. The number of methoxy groups -OCH3 is 2. The summed E-state index contributed by atoms with van der Waals surface area (Å²) in [6.45, 7) is 3.90. The van der Waals surface area contributed by atoms with Crippen LogP contribution >= 0.6 is 0 Å². The van der Waals surface area contributed by atoms with E-state index >= 15 is 0 Å². The van der Waals surface area contributed by atoms with Gasteiger partial charge in [-0.3, -0.25) is 9.88 Å². The molecule has 0 bridgehead atoms. The molecule has 0 aliphatic carbocycles. The summed E-state index contributed by atoms with van der Waals surface area (Å²) in [6, 6.07) is 14.3. The Hall–Kier alpha value is -2.86. The third kappa shape index (κ3) is 4.49. The second kappa shape index (κ2) is 9.30. The van der Waals surface area contributed by atoms with Crippen LogP contribution in [0, 0.1) is 6.92 Å². The van der Waals surface area contributed by atoms with E-state index in [1.54, 1.807) is 14.2 Å². The van der Waals surface area contributed by atoms with Gasteiger partial charge in [0.1, 0.15) is 5.69 Å². The fourth-order valence-corrected chi connectivity index (χ4v) is 4.16. The maximum Gasteiger partial charge on any atom is 0.167 e. The van der Waals surface area contributed by atoms with E-state index < -0.39 is 0 Å². The van der Waals surface area contributed by atoms with Crippen molar-refractivity contribution < 1.29 is 14.0 Å². The minimum Gasteiger partial charge on any atom is -0.493 e. The summed E-state index contributed by atoms with van der Waals surface area (Å²) in [6.07, 6.45) is 4.71. The second-order valence-corrected chi connectivity index (χ2v) is 7.79. The standard InChI is InChI=1S/C24H29N3O3/c1-17-8-7-9-19(25-17)16-27-13-6-4-5-10-21(27)20-15-23(30-26-20)18-11-12-22(28-2)24(14-18)29-3/h7-9,11-12,14-15,21H,4-6,10,13,16H2,1-3H3/t21-/m0/s1. The molecule has 1 fully saturated rings. The van der Waals surface area contributed by atoms with Gasteiger partial charge < -0.3 is 14.0 Å². The van der Waals surface area contributed by atoms with Crippen LogP contribution < -0.4 is 9.47 Å². The summed E-state index contributed by atoms with van der Waals surface area (Å²) in [5.74, 6) is 2.11.